The van der Waals surface area contributed by atoms with Gasteiger partial charge in [-0.2, -0.15) is 0 Å². The van der Waals surface area contributed by atoms with Gasteiger partial charge in [-0.15, -0.1) is 0 Å². The Morgan fingerprint density at radius 3 is 1.83 bits per heavy atom. The van der Waals surface area contributed by atoms with Gasteiger partial charge in [-0.05, 0) is 12.1 Å². The van der Waals surface area contributed by atoms with E-state index in [1.54, 1.807) is 42.3 Å². The number of aliphatic hydroxyl groups is 1. The Balaban J connectivity index is 2.24. The zero-order valence-corrected chi connectivity index (χ0v) is 14.0. The molecule has 0 atom stereocenters. The van der Waals surface area contributed by atoms with Crippen molar-refractivity contribution in [3.63, 3.8) is 0 Å². The largest absolute Gasteiger partial charge is 0.395 e. The second-order valence-electron chi connectivity index (χ2n) is 6.10. The van der Waals surface area contributed by atoms with Crippen molar-refractivity contribution in [3.8, 4) is 0 Å². The molecule has 2 aromatic rings. The predicted octanol–water partition coefficient (Wildman–Crippen LogP) is 1.96. The number of hydrogen-bond acceptors (Lipinski definition) is 5. The quantitative estimate of drug-likeness (QED) is 0.795. The van der Waals surface area contributed by atoms with Crippen LogP contribution in [0.1, 0.15) is 31.8 Å². The topological polar surface area (TPSA) is 60.9 Å². The van der Waals surface area contributed by atoms with Crippen LogP contribution in [0.5, 0.6) is 0 Å². The molecule has 5 nitrogen and oxygen atoms in total. The molecule has 0 spiro atoms. The highest BCUT2D eigenvalue weighted by atomic mass is 16.3. The first-order valence-corrected chi connectivity index (χ1v) is 7.82. The molecule has 0 fully saturated rings. The lowest BCUT2D eigenvalue weighted by molar-refractivity contribution is 0.0980. The van der Waals surface area contributed by atoms with Gasteiger partial charge in [-0.1, -0.05) is 24.3 Å². The Morgan fingerprint density at radius 1 is 0.833 bits per heavy atom. The van der Waals surface area contributed by atoms with E-state index >= 15 is 0 Å². The Morgan fingerprint density at radius 2 is 1.33 bits per heavy atom. The minimum Gasteiger partial charge on any atom is -0.395 e. The number of carbonyl (C=O) groups excluding carboxylic acids is 2. The van der Waals surface area contributed by atoms with Gasteiger partial charge in [-0.3, -0.25) is 9.59 Å². The third-order valence-corrected chi connectivity index (χ3v) is 4.36. The van der Waals surface area contributed by atoms with Crippen LogP contribution in [0.25, 0.3) is 0 Å². The lowest BCUT2D eigenvalue weighted by Gasteiger charge is -2.27. The molecule has 0 radical (unpaired) electrons. The van der Waals surface area contributed by atoms with Crippen molar-refractivity contribution in [3.05, 3.63) is 58.7 Å². The van der Waals surface area contributed by atoms with Crippen LogP contribution < -0.4 is 9.80 Å². The fraction of sp³-hybridized carbons (Fsp3) is 0.263. The van der Waals surface area contributed by atoms with Gasteiger partial charge in [0.2, 0.25) is 0 Å². The van der Waals surface area contributed by atoms with Crippen LogP contribution in [0.3, 0.4) is 0 Å². The maximum absolute atomic E-state index is 13.1. The van der Waals surface area contributed by atoms with Gasteiger partial charge >= 0.3 is 0 Å². The molecule has 1 aliphatic carbocycles. The minimum atomic E-state index is -0.149. The van der Waals surface area contributed by atoms with Gasteiger partial charge in [0.05, 0.1) is 17.7 Å². The Kier molecular flexibility index (Phi) is 4.11. The lowest BCUT2D eigenvalue weighted by Crippen LogP contribution is -2.29. The Hall–Kier alpha value is -2.66. The molecule has 0 bridgehead atoms. The van der Waals surface area contributed by atoms with E-state index in [2.05, 4.69) is 0 Å². The number of nitrogens with zero attached hydrogens (tertiary/aromatic N) is 2. The summed E-state index contributed by atoms with van der Waals surface area (Å²) in [5, 5.41) is 9.18. The SMILES string of the molecule is CN(C)c1cccc2c1C(=O)c1cccc(N(C)CCO)c1C2=O. The van der Waals surface area contributed by atoms with Gasteiger partial charge in [0.1, 0.15) is 0 Å². The molecule has 0 aliphatic heterocycles. The average molecular weight is 324 g/mol. The molecule has 0 unspecified atom stereocenters. The van der Waals surface area contributed by atoms with E-state index in [0.29, 0.717) is 34.5 Å². The zero-order valence-electron chi connectivity index (χ0n) is 14.0. The molecule has 0 saturated heterocycles. The maximum atomic E-state index is 13.1. The Labute approximate surface area is 141 Å². The van der Waals surface area contributed by atoms with Gasteiger partial charge in [0, 0.05) is 50.2 Å². The maximum Gasteiger partial charge on any atom is 0.196 e. The van der Waals surface area contributed by atoms with E-state index in [-0.39, 0.29) is 18.2 Å². The van der Waals surface area contributed by atoms with E-state index in [4.69, 9.17) is 0 Å². The van der Waals surface area contributed by atoms with Gasteiger partial charge in [0.15, 0.2) is 11.6 Å². The highest BCUT2D eigenvalue weighted by molar-refractivity contribution is 6.31. The average Bonchev–Trinajstić information content (AvgIpc) is 2.58. The monoisotopic (exact) mass is 324 g/mol. The van der Waals surface area contributed by atoms with E-state index in [9.17, 15) is 14.7 Å². The predicted molar refractivity (Wildman–Crippen MR) is 94.4 cm³/mol. The molecule has 24 heavy (non-hydrogen) atoms. The molecule has 1 N–H and O–H groups in total. The van der Waals surface area contributed by atoms with Crippen molar-refractivity contribution in [2.75, 3.05) is 44.1 Å². The highest BCUT2D eigenvalue weighted by Gasteiger charge is 2.34. The molecule has 0 heterocycles. The summed E-state index contributed by atoms with van der Waals surface area (Å²) in [6.45, 7) is 0.367. The van der Waals surface area contributed by atoms with Crippen LogP contribution in [-0.4, -0.2) is 51.0 Å². The van der Waals surface area contributed by atoms with Crippen molar-refractivity contribution >= 4 is 22.9 Å². The van der Waals surface area contributed by atoms with Crippen LogP contribution in [0.4, 0.5) is 11.4 Å². The number of fused-ring (bicyclic) bond motifs is 2. The van der Waals surface area contributed by atoms with E-state index in [0.717, 1.165) is 5.69 Å². The fourth-order valence-corrected chi connectivity index (χ4v) is 3.17. The van der Waals surface area contributed by atoms with Crippen molar-refractivity contribution < 1.29 is 14.7 Å². The molecular weight excluding hydrogens is 304 g/mol. The van der Waals surface area contributed by atoms with Crippen molar-refractivity contribution in [2.24, 2.45) is 0 Å². The van der Waals surface area contributed by atoms with Crippen LogP contribution in [0, 0.1) is 0 Å². The number of benzene rings is 2. The third kappa shape index (κ3) is 2.37. The summed E-state index contributed by atoms with van der Waals surface area (Å²) in [5.41, 5.74) is 3.14. The summed E-state index contributed by atoms with van der Waals surface area (Å²) in [5.74, 6) is -0.285. The van der Waals surface area contributed by atoms with E-state index in [1.807, 2.05) is 25.1 Å². The normalized spacial score (nSPS) is 12.7. The summed E-state index contributed by atoms with van der Waals surface area (Å²) in [7, 11) is 5.51. The number of carbonyl (C=O) groups is 2. The molecule has 124 valence electrons. The number of anilines is 2. The number of hydrogen-bond donors (Lipinski definition) is 1. The number of likely N-dealkylation sites (N-methyl/N-ethyl adjacent to an activating group) is 1. The lowest BCUT2D eigenvalue weighted by atomic mass is 9.82. The summed E-state index contributed by atoms with van der Waals surface area (Å²) in [6.07, 6.45) is 0. The first kappa shape index (κ1) is 16.2. The molecular formula is C19H20N2O3. The standard InChI is InChI=1S/C19H20N2O3/c1-20(2)14-8-4-6-12-16(14)18(23)13-7-5-9-15(17(13)19(12)24)21(3)10-11-22/h4-9,22H,10-11H2,1-3H3. The second kappa shape index (κ2) is 6.09. The zero-order chi connectivity index (χ0) is 17.4. The van der Waals surface area contributed by atoms with E-state index in [1.165, 1.54) is 0 Å². The smallest absolute Gasteiger partial charge is 0.196 e. The van der Waals surface area contributed by atoms with Crippen LogP contribution in [-0.2, 0) is 0 Å². The van der Waals surface area contributed by atoms with Crippen LogP contribution in [0.2, 0.25) is 0 Å². The van der Waals surface area contributed by atoms with Gasteiger partial charge < -0.3 is 14.9 Å². The molecule has 0 saturated carbocycles. The number of aliphatic hydroxyl groups excluding tert-OH is 1. The molecule has 0 amide bonds. The molecule has 3 rings (SSSR count). The summed E-state index contributed by atoms with van der Waals surface area (Å²) in [4.78, 5) is 29.8. The van der Waals surface area contributed by atoms with E-state index < -0.39 is 0 Å². The summed E-state index contributed by atoms with van der Waals surface area (Å²) in [6, 6.07) is 10.6. The minimum absolute atomic E-state index is 0.0241. The highest BCUT2D eigenvalue weighted by Crippen LogP contribution is 2.36. The van der Waals surface area contributed by atoms with Crippen LogP contribution in [0.15, 0.2) is 36.4 Å². The third-order valence-electron chi connectivity index (χ3n) is 4.36. The Bertz CT molecular complexity index is 827. The van der Waals surface area contributed by atoms with Crippen LogP contribution >= 0.6 is 0 Å². The molecule has 0 aromatic heterocycles. The number of rotatable bonds is 4. The van der Waals surface area contributed by atoms with Crippen molar-refractivity contribution in [1.82, 2.24) is 0 Å². The van der Waals surface area contributed by atoms with Gasteiger partial charge in [-0.25, -0.2) is 0 Å². The van der Waals surface area contributed by atoms with Crippen molar-refractivity contribution in [2.45, 2.75) is 0 Å². The first-order chi connectivity index (χ1) is 11.5. The summed E-state index contributed by atoms with van der Waals surface area (Å²) < 4.78 is 0. The number of ketones is 2. The summed E-state index contributed by atoms with van der Waals surface area (Å²) >= 11 is 0. The van der Waals surface area contributed by atoms with Crippen molar-refractivity contribution in [1.29, 1.82) is 0 Å². The first-order valence-electron chi connectivity index (χ1n) is 7.82. The molecule has 5 heteroatoms. The molecule has 1 aliphatic rings. The van der Waals surface area contributed by atoms with Gasteiger partial charge in [0.25, 0.3) is 0 Å². The fourth-order valence-electron chi connectivity index (χ4n) is 3.17. The molecule has 2 aromatic carbocycles. The second-order valence-corrected chi connectivity index (χ2v) is 6.10.